The Morgan fingerprint density at radius 1 is 1.20 bits per heavy atom. The van der Waals surface area contributed by atoms with Crippen LogP contribution in [-0.4, -0.2) is 6.29 Å². The van der Waals surface area contributed by atoms with Gasteiger partial charge in [-0.05, 0) is 5.56 Å². The Morgan fingerprint density at radius 3 is 2.30 bits per heavy atom. The molecule has 1 rings (SSSR count). The third-order valence-corrected chi connectivity index (χ3v) is 1.16. The van der Waals surface area contributed by atoms with Crippen LogP contribution in [-0.2, 0) is 28.3 Å². The fourth-order valence-electron chi connectivity index (χ4n) is 0.710. The first-order valence-electron chi connectivity index (χ1n) is 2.91. The molecule has 1 radical (unpaired) electrons. The quantitative estimate of drug-likeness (QED) is 0.501. The van der Waals surface area contributed by atoms with Crippen molar-refractivity contribution in [2.24, 2.45) is 0 Å². The van der Waals surface area contributed by atoms with Gasteiger partial charge in [-0.2, -0.15) is 0 Å². The van der Waals surface area contributed by atoms with Crippen molar-refractivity contribution in [3.63, 3.8) is 0 Å². The third kappa shape index (κ3) is 2.81. The maximum absolute atomic E-state index is 9.97. The largest absolute Gasteiger partial charge is 0.303 e. The van der Waals surface area contributed by atoms with Crippen molar-refractivity contribution in [2.45, 2.75) is 6.42 Å². The molecule has 0 aromatic heterocycles. The topological polar surface area (TPSA) is 17.1 Å². The molecule has 0 N–H and O–H groups in total. The van der Waals surface area contributed by atoms with E-state index in [1.54, 1.807) is 0 Å². The Hall–Kier alpha value is -0.591. The molecule has 1 aromatic carbocycles. The molecular formula is C8H8CuO. The fourth-order valence-corrected chi connectivity index (χ4v) is 0.710. The molecule has 10 heavy (non-hydrogen) atoms. The van der Waals surface area contributed by atoms with E-state index in [4.69, 9.17) is 0 Å². The molecule has 0 aliphatic rings. The molecule has 1 aromatic rings. The van der Waals surface area contributed by atoms with Gasteiger partial charge in [-0.15, -0.1) is 0 Å². The number of hydrogen-bond donors (Lipinski definition) is 0. The molecule has 57 valence electrons. The number of carbonyl (C=O) groups is 1. The molecule has 0 saturated heterocycles. The second-order valence-electron chi connectivity index (χ2n) is 1.86. The molecule has 0 saturated carbocycles. The van der Waals surface area contributed by atoms with Gasteiger partial charge in [0.05, 0.1) is 0 Å². The van der Waals surface area contributed by atoms with Gasteiger partial charge >= 0.3 is 0 Å². The van der Waals surface area contributed by atoms with E-state index in [0.29, 0.717) is 6.42 Å². The van der Waals surface area contributed by atoms with Crippen molar-refractivity contribution >= 4 is 6.29 Å². The summed E-state index contributed by atoms with van der Waals surface area (Å²) in [4.78, 5) is 9.97. The molecule has 0 bridgehead atoms. The molecular weight excluding hydrogens is 176 g/mol. The molecule has 0 aliphatic heterocycles. The van der Waals surface area contributed by atoms with Gasteiger partial charge in [0, 0.05) is 23.5 Å². The second kappa shape index (κ2) is 5.21. The Labute approximate surface area is 70.9 Å². The number of rotatable bonds is 2. The molecule has 0 spiro atoms. The number of benzene rings is 1. The molecule has 0 unspecified atom stereocenters. The summed E-state index contributed by atoms with van der Waals surface area (Å²) < 4.78 is 0. The number of hydrogen-bond acceptors (Lipinski definition) is 1. The predicted molar refractivity (Wildman–Crippen MR) is 36.2 cm³/mol. The van der Waals surface area contributed by atoms with Crippen LogP contribution in [0.2, 0.25) is 0 Å². The molecule has 2 heteroatoms. The van der Waals surface area contributed by atoms with Crippen molar-refractivity contribution < 1.29 is 21.9 Å². The molecule has 1 nitrogen and oxygen atoms in total. The predicted octanol–water partition coefficient (Wildman–Crippen LogP) is 1.43. The monoisotopic (exact) mass is 183 g/mol. The molecule has 0 heterocycles. The SMILES string of the molecule is O=CCc1ccccc1.[Cu]. The van der Waals surface area contributed by atoms with Gasteiger partial charge in [0.15, 0.2) is 0 Å². The van der Waals surface area contributed by atoms with E-state index in [-0.39, 0.29) is 17.1 Å². The minimum Gasteiger partial charge on any atom is -0.303 e. The van der Waals surface area contributed by atoms with Crippen molar-refractivity contribution in [3.05, 3.63) is 35.9 Å². The maximum atomic E-state index is 9.97. The minimum atomic E-state index is 0. The van der Waals surface area contributed by atoms with E-state index in [1.165, 1.54) is 0 Å². The zero-order valence-corrected chi connectivity index (χ0v) is 6.32. The summed E-state index contributed by atoms with van der Waals surface area (Å²) in [7, 11) is 0. The standard InChI is InChI=1S/C8H8O.Cu/c9-7-6-8-4-2-1-3-5-8;/h1-5,7H,6H2;. The summed E-state index contributed by atoms with van der Waals surface area (Å²) in [6, 6.07) is 9.68. The van der Waals surface area contributed by atoms with Crippen LogP contribution < -0.4 is 0 Å². The third-order valence-electron chi connectivity index (χ3n) is 1.16. The van der Waals surface area contributed by atoms with E-state index >= 15 is 0 Å². The van der Waals surface area contributed by atoms with Gasteiger partial charge in [0.1, 0.15) is 6.29 Å². The fraction of sp³-hybridized carbons (Fsp3) is 0.125. The van der Waals surface area contributed by atoms with Crippen LogP contribution in [0.1, 0.15) is 5.56 Å². The number of aldehydes is 1. The van der Waals surface area contributed by atoms with Gasteiger partial charge < -0.3 is 4.79 Å². The molecule has 0 atom stereocenters. The summed E-state index contributed by atoms with van der Waals surface area (Å²) in [6.45, 7) is 0. The van der Waals surface area contributed by atoms with Gasteiger partial charge in [0.2, 0.25) is 0 Å². The summed E-state index contributed by atoms with van der Waals surface area (Å²) in [5.74, 6) is 0. The minimum absolute atomic E-state index is 0. The summed E-state index contributed by atoms with van der Waals surface area (Å²) in [5, 5.41) is 0. The van der Waals surface area contributed by atoms with Crippen molar-refractivity contribution in [2.75, 3.05) is 0 Å². The number of carbonyl (C=O) groups excluding carboxylic acids is 1. The Kier molecular flexibility index (Phi) is 4.91. The van der Waals surface area contributed by atoms with E-state index in [9.17, 15) is 4.79 Å². The Morgan fingerprint density at radius 2 is 1.80 bits per heavy atom. The van der Waals surface area contributed by atoms with E-state index in [0.717, 1.165) is 11.8 Å². The van der Waals surface area contributed by atoms with E-state index < -0.39 is 0 Å². The van der Waals surface area contributed by atoms with Crippen LogP contribution >= 0.6 is 0 Å². The maximum Gasteiger partial charge on any atom is 0.124 e. The molecule has 0 amide bonds. The van der Waals surface area contributed by atoms with Gasteiger partial charge in [-0.1, -0.05) is 30.3 Å². The van der Waals surface area contributed by atoms with Crippen LogP contribution in [0.5, 0.6) is 0 Å². The van der Waals surface area contributed by atoms with Gasteiger partial charge in [-0.3, -0.25) is 0 Å². The average Bonchev–Trinajstić information content (AvgIpc) is 1.91. The van der Waals surface area contributed by atoms with Crippen LogP contribution in [0.15, 0.2) is 30.3 Å². The summed E-state index contributed by atoms with van der Waals surface area (Å²) in [5.41, 5.74) is 1.08. The van der Waals surface area contributed by atoms with Gasteiger partial charge in [-0.25, -0.2) is 0 Å². The van der Waals surface area contributed by atoms with Crippen LogP contribution in [0.3, 0.4) is 0 Å². The Balaban J connectivity index is 0.000000810. The van der Waals surface area contributed by atoms with Crippen LogP contribution in [0, 0.1) is 0 Å². The van der Waals surface area contributed by atoms with Crippen LogP contribution in [0.25, 0.3) is 0 Å². The van der Waals surface area contributed by atoms with Gasteiger partial charge in [0.25, 0.3) is 0 Å². The normalized spacial score (nSPS) is 8.00. The molecule has 0 aliphatic carbocycles. The first-order valence-corrected chi connectivity index (χ1v) is 2.91. The average molecular weight is 184 g/mol. The zero-order chi connectivity index (χ0) is 6.53. The first kappa shape index (κ1) is 9.41. The summed E-state index contributed by atoms with van der Waals surface area (Å²) in [6.07, 6.45) is 1.44. The van der Waals surface area contributed by atoms with Crippen LogP contribution in [0.4, 0.5) is 0 Å². The van der Waals surface area contributed by atoms with Crippen molar-refractivity contribution in [1.82, 2.24) is 0 Å². The van der Waals surface area contributed by atoms with Crippen molar-refractivity contribution in [1.29, 1.82) is 0 Å². The van der Waals surface area contributed by atoms with E-state index in [1.807, 2.05) is 30.3 Å². The van der Waals surface area contributed by atoms with E-state index in [2.05, 4.69) is 0 Å². The smallest absolute Gasteiger partial charge is 0.124 e. The van der Waals surface area contributed by atoms with Crippen molar-refractivity contribution in [3.8, 4) is 0 Å². The summed E-state index contributed by atoms with van der Waals surface area (Å²) >= 11 is 0. The molecule has 0 fully saturated rings. The Bertz CT molecular complexity index is 184. The zero-order valence-electron chi connectivity index (χ0n) is 5.38. The first-order chi connectivity index (χ1) is 4.43. The second-order valence-corrected chi connectivity index (χ2v) is 1.86.